The molecule has 0 aliphatic heterocycles. The largest absolute Gasteiger partial charge is 0.544 e. The number of nitrogens with zero attached hydrogens (tertiary/aromatic N) is 1. The Hall–Kier alpha value is -2.45. The number of esters is 2. The average Bonchev–Trinajstić information content (AvgIpc) is 3.00. The number of allylic oxidation sites excluding steroid dienone is 6. The molecule has 46 heavy (non-hydrogen) atoms. The lowest BCUT2D eigenvalue weighted by Crippen LogP contribution is -2.55. The molecule has 0 aliphatic carbocycles. The minimum Gasteiger partial charge on any atom is -0.544 e. The molecule has 266 valence electrons. The van der Waals surface area contributed by atoms with Gasteiger partial charge in [-0.25, -0.2) is 0 Å². The summed E-state index contributed by atoms with van der Waals surface area (Å²) in [5, 5.41) is 11.5. The average molecular weight is 650 g/mol. The van der Waals surface area contributed by atoms with E-state index in [2.05, 4.69) is 50.3 Å². The number of hydrogen-bond acceptors (Lipinski definition) is 7. The van der Waals surface area contributed by atoms with E-state index in [9.17, 15) is 19.5 Å². The molecule has 0 N–H and O–H groups in total. The van der Waals surface area contributed by atoms with Crippen molar-refractivity contribution in [1.82, 2.24) is 0 Å². The molecule has 0 saturated heterocycles. The van der Waals surface area contributed by atoms with E-state index < -0.39 is 18.1 Å². The predicted molar refractivity (Wildman–Crippen MR) is 185 cm³/mol. The molecule has 0 aromatic carbocycles. The molecule has 0 heterocycles. The van der Waals surface area contributed by atoms with Crippen molar-refractivity contribution in [2.24, 2.45) is 0 Å². The molecule has 0 rings (SSSR count). The highest BCUT2D eigenvalue weighted by molar-refractivity contribution is 5.70. The van der Waals surface area contributed by atoms with E-state index in [0.717, 1.165) is 70.6 Å². The zero-order chi connectivity index (χ0) is 34.3. The van der Waals surface area contributed by atoms with Gasteiger partial charge in [0.05, 0.1) is 40.3 Å². The lowest BCUT2D eigenvalue weighted by molar-refractivity contribution is -0.889. The van der Waals surface area contributed by atoms with Gasteiger partial charge < -0.3 is 28.6 Å². The Labute approximate surface area is 281 Å². The number of ether oxygens (including phenoxy) is 3. The first-order chi connectivity index (χ1) is 22.1. The molecule has 0 fully saturated rings. The van der Waals surface area contributed by atoms with Crippen LogP contribution in [0, 0.1) is 0 Å². The Kier molecular flexibility index (Phi) is 28.3. The molecule has 0 saturated carbocycles. The molecule has 2 atom stereocenters. The second-order valence-electron chi connectivity index (χ2n) is 13.1. The molecule has 0 aliphatic rings. The molecule has 0 amide bonds. The normalized spacial score (nSPS) is 13.5. The second-order valence-corrected chi connectivity index (χ2v) is 13.1. The van der Waals surface area contributed by atoms with Crippen LogP contribution in [0.5, 0.6) is 0 Å². The van der Waals surface area contributed by atoms with Gasteiger partial charge in [0, 0.05) is 19.3 Å². The van der Waals surface area contributed by atoms with Crippen molar-refractivity contribution >= 4 is 17.9 Å². The van der Waals surface area contributed by atoms with Gasteiger partial charge in [-0.05, 0) is 44.9 Å². The molecule has 0 aromatic rings. The van der Waals surface area contributed by atoms with Crippen molar-refractivity contribution in [1.29, 1.82) is 0 Å². The van der Waals surface area contributed by atoms with Crippen molar-refractivity contribution in [2.45, 2.75) is 148 Å². The van der Waals surface area contributed by atoms with Gasteiger partial charge in [0.15, 0.2) is 6.10 Å². The Bertz CT molecular complexity index is 860. The fourth-order valence-corrected chi connectivity index (χ4v) is 4.97. The number of rotatable bonds is 31. The van der Waals surface area contributed by atoms with Gasteiger partial charge in [0.2, 0.25) is 0 Å². The van der Waals surface area contributed by atoms with Gasteiger partial charge >= 0.3 is 11.9 Å². The fourth-order valence-electron chi connectivity index (χ4n) is 4.97. The van der Waals surface area contributed by atoms with Crippen molar-refractivity contribution in [3.8, 4) is 0 Å². The van der Waals surface area contributed by atoms with Gasteiger partial charge in [-0.15, -0.1) is 0 Å². The van der Waals surface area contributed by atoms with E-state index in [1.165, 1.54) is 32.1 Å². The maximum Gasteiger partial charge on any atom is 0.306 e. The molecule has 0 aromatic heterocycles. The van der Waals surface area contributed by atoms with E-state index in [1.54, 1.807) is 21.1 Å². The molecule has 2 unspecified atom stereocenters. The number of carboxylic acid groups (broad SMARTS) is 1. The van der Waals surface area contributed by atoms with Gasteiger partial charge in [0.1, 0.15) is 12.6 Å². The minimum absolute atomic E-state index is 0.0324. The quantitative estimate of drug-likeness (QED) is 0.0334. The van der Waals surface area contributed by atoms with Crippen LogP contribution in [0.15, 0.2) is 36.5 Å². The van der Waals surface area contributed by atoms with Crippen LogP contribution in [0.4, 0.5) is 0 Å². The van der Waals surface area contributed by atoms with Crippen LogP contribution in [0.3, 0.4) is 0 Å². The first-order valence-electron chi connectivity index (χ1n) is 18.0. The number of carbonyl (C=O) groups excluding carboxylic acids is 3. The first kappa shape index (κ1) is 43.5. The first-order valence-corrected chi connectivity index (χ1v) is 18.0. The highest BCUT2D eigenvalue weighted by Crippen LogP contribution is 2.12. The molecule has 8 nitrogen and oxygen atoms in total. The Balaban J connectivity index is 4.48. The smallest absolute Gasteiger partial charge is 0.306 e. The fraction of sp³-hybridized carbons (Fsp3) is 0.763. The highest BCUT2D eigenvalue weighted by Gasteiger charge is 2.25. The number of aliphatic carboxylic acids is 1. The monoisotopic (exact) mass is 649 g/mol. The van der Waals surface area contributed by atoms with Crippen LogP contribution in [0.25, 0.3) is 0 Å². The highest BCUT2D eigenvalue weighted by atomic mass is 16.6. The summed E-state index contributed by atoms with van der Waals surface area (Å²) in [5.74, 6) is -1.77. The zero-order valence-electron chi connectivity index (χ0n) is 30.0. The summed E-state index contributed by atoms with van der Waals surface area (Å²) in [6.45, 7) is 4.47. The second kappa shape index (κ2) is 29.9. The van der Waals surface area contributed by atoms with Crippen molar-refractivity contribution < 1.29 is 38.2 Å². The summed E-state index contributed by atoms with van der Waals surface area (Å²) in [6.07, 6.45) is 30.3. The van der Waals surface area contributed by atoms with Crippen LogP contribution in [-0.2, 0) is 28.6 Å². The van der Waals surface area contributed by atoms with Crippen molar-refractivity contribution in [2.75, 3.05) is 41.0 Å². The third kappa shape index (κ3) is 27.8. The van der Waals surface area contributed by atoms with Crippen LogP contribution in [0.2, 0.25) is 0 Å². The third-order valence-electron chi connectivity index (χ3n) is 7.79. The van der Waals surface area contributed by atoms with Crippen molar-refractivity contribution in [3.05, 3.63) is 36.5 Å². The summed E-state index contributed by atoms with van der Waals surface area (Å²) in [4.78, 5) is 36.5. The zero-order valence-corrected chi connectivity index (χ0v) is 30.0. The molecule has 8 heteroatoms. The Morgan fingerprint density at radius 1 is 0.674 bits per heavy atom. The van der Waals surface area contributed by atoms with E-state index >= 15 is 0 Å². The van der Waals surface area contributed by atoms with Gasteiger partial charge in [-0.3, -0.25) is 9.59 Å². The minimum atomic E-state index is -1.13. The molecular formula is C38H67NO7. The molecule has 0 spiro atoms. The lowest BCUT2D eigenvalue weighted by Gasteiger charge is -2.34. The standard InChI is InChI=1S/C38H67NO7/c1-6-8-10-12-14-16-17-18-19-20-21-23-25-27-29-37(41)46-34(32-44-31-30-35(38(42)43)39(3,4)5)33-45-36(40)28-26-24-22-15-13-11-9-7-2/h8,10,14,16,18-19,34-35H,6-7,9,11-13,15,17,20-33H2,1-5H3/b10-8+,16-14+,19-18+. The predicted octanol–water partition coefficient (Wildman–Crippen LogP) is 7.40. The summed E-state index contributed by atoms with van der Waals surface area (Å²) in [5.41, 5.74) is 0. The molecule has 0 radical (unpaired) electrons. The van der Waals surface area contributed by atoms with Crippen LogP contribution in [0.1, 0.15) is 136 Å². The number of quaternary nitrogens is 1. The number of unbranched alkanes of at least 4 members (excludes halogenated alkanes) is 11. The Morgan fingerprint density at radius 2 is 1.22 bits per heavy atom. The summed E-state index contributed by atoms with van der Waals surface area (Å²) < 4.78 is 17.0. The van der Waals surface area contributed by atoms with E-state index in [4.69, 9.17) is 14.2 Å². The van der Waals surface area contributed by atoms with Gasteiger partial charge in [-0.2, -0.15) is 0 Å². The van der Waals surface area contributed by atoms with E-state index in [-0.39, 0.29) is 42.7 Å². The van der Waals surface area contributed by atoms with Gasteiger partial charge in [-0.1, -0.05) is 108 Å². The number of carboxylic acids is 1. The molecule has 0 bridgehead atoms. The van der Waals surface area contributed by atoms with Crippen LogP contribution >= 0.6 is 0 Å². The lowest BCUT2D eigenvalue weighted by atomic mass is 10.1. The summed E-state index contributed by atoms with van der Waals surface area (Å²) in [6, 6.07) is -0.726. The maximum absolute atomic E-state index is 12.6. The summed E-state index contributed by atoms with van der Waals surface area (Å²) >= 11 is 0. The topological polar surface area (TPSA) is 102 Å². The van der Waals surface area contributed by atoms with E-state index in [0.29, 0.717) is 12.8 Å². The van der Waals surface area contributed by atoms with Crippen LogP contribution < -0.4 is 5.11 Å². The number of hydrogen-bond donors (Lipinski definition) is 0. The summed E-state index contributed by atoms with van der Waals surface area (Å²) in [7, 11) is 5.38. The van der Waals surface area contributed by atoms with Gasteiger partial charge in [0.25, 0.3) is 0 Å². The number of likely N-dealkylation sites (N-methyl/N-ethyl adjacent to an activating group) is 1. The molecular weight excluding hydrogens is 582 g/mol. The van der Waals surface area contributed by atoms with E-state index in [1.807, 2.05) is 0 Å². The Morgan fingerprint density at radius 3 is 1.80 bits per heavy atom. The van der Waals surface area contributed by atoms with Crippen molar-refractivity contribution in [3.63, 3.8) is 0 Å². The number of carbonyl (C=O) groups is 3. The third-order valence-corrected chi connectivity index (χ3v) is 7.79. The SMILES string of the molecule is CC/C=C/C/C=C/C/C=C/CCCCCCC(=O)OC(COCCC(C(=O)[O-])[N+](C)(C)C)COC(=O)CCCCCCCCCC. The maximum atomic E-state index is 12.6. The van der Waals surface area contributed by atoms with Crippen LogP contribution in [-0.4, -0.2) is 75.5 Å².